The van der Waals surface area contributed by atoms with Crippen LogP contribution in [0.5, 0.6) is 11.5 Å². The standard InChI is InChI=1S/C16H22N2O3/c1-3-5-7-20-14-9-12-13(17-11-18-16(12)19)10-15(14)21-8-6-4-2/h9-11H,3-8H2,1-2H3,(H,17,18,19). The second-order valence-corrected chi connectivity index (χ2v) is 4.95. The van der Waals surface area contributed by atoms with E-state index in [4.69, 9.17) is 9.47 Å². The average Bonchev–Trinajstić information content (AvgIpc) is 2.49. The minimum atomic E-state index is -0.166. The highest BCUT2D eigenvalue weighted by atomic mass is 16.5. The fraction of sp³-hybridized carbons (Fsp3) is 0.500. The molecule has 1 aromatic heterocycles. The molecule has 0 saturated heterocycles. The molecule has 5 nitrogen and oxygen atoms in total. The van der Waals surface area contributed by atoms with Gasteiger partial charge in [-0.3, -0.25) is 4.79 Å². The summed E-state index contributed by atoms with van der Waals surface area (Å²) in [6.45, 7) is 5.47. The van der Waals surface area contributed by atoms with Gasteiger partial charge in [0, 0.05) is 6.07 Å². The second-order valence-electron chi connectivity index (χ2n) is 4.95. The molecular formula is C16H22N2O3. The lowest BCUT2D eigenvalue weighted by atomic mass is 10.2. The van der Waals surface area contributed by atoms with Crippen molar-refractivity contribution < 1.29 is 9.47 Å². The molecule has 114 valence electrons. The molecule has 2 rings (SSSR count). The molecule has 0 saturated carbocycles. The molecule has 0 unspecified atom stereocenters. The van der Waals surface area contributed by atoms with Crippen LogP contribution in [-0.2, 0) is 0 Å². The molecule has 0 radical (unpaired) electrons. The molecule has 21 heavy (non-hydrogen) atoms. The quantitative estimate of drug-likeness (QED) is 0.758. The summed E-state index contributed by atoms with van der Waals surface area (Å²) in [5, 5.41) is 0.520. The van der Waals surface area contributed by atoms with Crippen LogP contribution < -0.4 is 15.0 Å². The third-order valence-electron chi connectivity index (χ3n) is 3.22. The number of hydrogen-bond donors (Lipinski definition) is 1. The molecule has 0 atom stereocenters. The maximum atomic E-state index is 11.8. The van der Waals surface area contributed by atoms with Gasteiger partial charge in [-0.25, -0.2) is 4.98 Å². The lowest BCUT2D eigenvalue weighted by Crippen LogP contribution is -2.08. The van der Waals surface area contributed by atoms with Crippen molar-refractivity contribution in [1.29, 1.82) is 0 Å². The lowest BCUT2D eigenvalue weighted by Gasteiger charge is -2.13. The summed E-state index contributed by atoms with van der Waals surface area (Å²) in [7, 11) is 0. The van der Waals surface area contributed by atoms with Crippen molar-refractivity contribution in [3.63, 3.8) is 0 Å². The van der Waals surface area contributed by atoms with Gasteiger partial charge in [-0.15, -0.1) is 0 Å². The van der Waals surface area contributed by atoms with Crippen LogP contribution in [0.1, 0.15) is 39.5 Å². The van der Waals surface area contributed by atoms with E-state index < -0.39 is 0 Å². The highest BCUT2D eigenvalue weighted by Gasteiger charge is 2.10. The number of rotatable bonds is 8. The van der Waals surface area contributed by atoms with E-state index in [1.807, 2.05) is 0 Å². The highest BCUT2D eigenvalue weighted by molar-refractivity contribution is 5.81. The van der Waals surface area contributed by atoms with Gasteiger partial charge in [0.15, 0.2) is 11.5 Å². The number of aromatic nitrogens is 2. The number of H-pyrrole nitrogens is 1. The Balaban J connectivity index is 2.32. The molecule has 0 spiro atoms. The number of nitrogens with one attached hydrogen (secondary N) is 1. The first-order valence-electron chi connectivity index (χ1n) is 7.53. The van der Waals surface area contributed by atoms with E-state index >= 15 is 0 Å². The van der Waals surface area contributed by atoms with Gasteiger partial charge in [-0.05, 0) is 18.9 Å². The van der Waals surface area contributed by atoms with Crippen LogP contribution in [0, 0.1) is 0 Å². The van der Waals surface area contributed by atoms with Crippen LogP contribution in [0.15, 0.2) is 23.3 Å². The number of aromatic amines is 1. The maximum Gasteiger partial charge on any atom is 0.258 e. The second kappa shape index (κ2) is 7.67. The first-order chi connectivity index (χ1) is 10.3. The predicted octanol–water partition coefficient (Wildman–Crippen LogP) is 3.28. The van der Waals surface area contributed by atoms with Crippen molar-refractivity contribution in [2.75, 3.05) is 13.2 Å². The Bertz CT molecular complexity index is 637. The smallest absolute Gasteiger partial charge is 0.258 e. The van der Waals surface area contributed by atoms with Crippen molar-refractivity contribution in [3.05, 3.63) is 28.8 Å². The van der Waals surface area contributed by atoms with Crippen molar-refractivity contribution in [2.45, 2.75) is 39.5 Å². The Morgan fingerprint density at radius 1 is 1.05 bits per heavy atom. The minimum Gasteiger partial charge on any atom is -0.490 e. The molecule has 0 fully saturated rings. The summed E-state index contributed by atoms with van der Waals surface area (Å²) < 4.78 is 11.5. The monoisotopic (exact) mass is 290 g/mol. The molecule has 1 heterocycles. The molecule has 2 aromatic rings. The zero-order valence-electron chi connectivity index (χ0n) is 12.6. The predicted molar refractivity (Wildman–Crippen MR) is 83.2 cm³/mol. The summed E-state index contributed by atoms with van der Waals surface area (Å²) in [5.74, 6) is 1.27. The zero-order chi connectivity index (χ0) is 15.1. The Morgan fingerprint density at radius 2 is 1.67 bits per heavy atom. The van der Waals surface area contributed by atoms with E-state index in [0.29, 0.717) is 35.6 Å². The van der Waals surface area contributed by atoms with Crippen LogP contribution in [0.4, 0.5) is 0 Å². The van der Waals surface area contributed by atoms with Gasteiger partial charge in [-0.1, -0.05) is 26.7 Å². The van der Waals surface area contributed by atoms with E-state index in [0.717, 1.165) is 25.7 Å². The van der Waals surface area contributed by atoms with Crippen molar-refractivity contribution in [3.8, 4) is 11.5 Å². The first kappa shape index (κ1) is 15.4. The summed E-state index contributed by atoms with van der Waals surface area (Å²) >= 11 is 0. The third-order valence-corrected chi connectivity index (χ3v) is 3.22. The van der Waals surface area contributed by atoms with E-state index in [2.05, 4.69) is 23.8 Å². The summed E-state index contributed by atoms with van der Waals surface area (Å²) in [6, 6.07) is 3.50. The summed E-state index contributed by atoms with van der Waals surface area (Å²) in [5.41, 5.74) is 0.452. The van der Waals surface area contributed by atoms with E-state index in [-0.39, 0.29) is 5.56 Å². The molecule has 0 aliphatic heterocycles. The number of hydrogen-bond acceptors (Lipinski definition) is 4. The fourth-order valence-electron chi connectivity index (χ4n) is 1.95. The topological polar surface area (TPSA) is 64.2 Å². The third kappa shape index (κ3) is 3.97. The number of fused-ring (bicyclic) bond motifs is 1. The van der Waals surface area contributed by atoms with E-state index in [1.165, 1.54) is 6.33 Å². The lowest BCUT2D eigenvalue weighted by molar-refractivity contribution is 0.262. The Labute approximate surface area is 124 Å². The molecule has 0 aliphatic rings. The van der Waals surface area contributed by atoms with Crippen LogP contribution in [0.2, 0.25) is 0 Å². The number of ether oxygens (including phenoxy) is 2. The highest BCUT2D eigenvalue weighted by Crippen LogP contribution is 2.31. The van der Waals surface area contributed by atoms with Crippen molar-refractivity contribution in [2.24, 2.45) is 0 Å². The SMILES string of the molecule is CCCCOc1cc2nc[nH]c(=O)c2cc1OCCCC. The molecule has 0 amide bonds. The van der Waals surface area contributed by atoms with Gasteiger partial charge in [0.25, 0.3) is 5.56 Å². The number of unbranched alkanes of at least 4 members (excludes halogenated alkanes) is 2. The molecule has 0 aliphatic carbocycles. The van der Waals surface area contributed by atoms with Crippen LogP contribution in [-0.4, -0.2) is 23.2 Å². The van der Waals surface area contributed by atoms with E-state index in [1.54, 1.807) is 12.1 Å². The Kier molecular flexibility index (Phi) is 5.60. The Morgan fingerprint density at radius 3 is 2.29 bits per heavy atom. The average molecular weight is 290 g/mol. The number of benzene rings is 1. The zero-order valence-corrected chi connectivity index (χ0v) is 12.6. The normalized spacial score (nSPS) is 10.8. The maximum absolute atomic E-state index is 11.8. The fourth-order valence-corrected chi connectivity index (χ4v) is 1.95. The molecule has 5 heteroatoms. The van der Waals surface area contributed by atoms with Gasteiger partial charge in [0.2, 0.25) is 0 Å². The van der Waals surface area contributed by atoms with Gasteiger partial charge < -0.3 is 14.5 Å². The van der Waals surface area contributed by atoms with Crippen LogP contribution in [0.25, 0.3) is 10.9 Å². The summed E-state index contributed by atoms with van der Waals surface area (Å²) in [4.78, 5) is 18.6. The van der Waals surface area contributed by atoms with Crippen molar-refractivity contribution >= 4 is 10.9 Å². The van der Waals surface area contributed by atoms with Gasteiger partial charge in [0.05, 0.1) is 30.4 Å². The molecule has 1 N–H and O–H groups in total. The summed E-state index contributed by atoms with van der Waals surface area (Å²) in [6.07, 6.45) is 5.47. The van der Waals surface area contributed by atoms with Crippen LogP contribution in [0.3, 0.4) is 0 Å². The Hall–Kier alpha value is -2.04. The van der Waals surface area contributed by atoms with E-state index in [9.17, 15) is 4.79 Å². The largest absolute Gasteiger partial charge is 0.490 e. The molecule has 0 bridgehead atoms. The van der Waals surface area contributed by atoms with Gasteiger partial charge in [-0.2, -0.15) is 0 Å². The minimum absolute atomic E-state index is 0.166. The number of nitrogens with zero attached hydrogens (tertiary/aromatic N) is 1. The van der Waals surface area contributed by atoms with Gasteiger partial charge >= 0.3 is 0 Å². The molecule has 1 aromatic carbocycles. The first-order valence-corrected chi connectivity index (χ1v) is 7.53. The van der Waals surface area contributed by atoms with Crippen molar-refractivity contribution in [1.82, 2.24) is 9.97 Å². The van der Waals surface area contributed by atoms with Crippen LogP contribution >= 0.6 is 0 Å². The molecular weight excluding hydrogens is 268 g/mol. The van der Waals surface area contributed by atoms with Gasteiger partial charge in [0.1, 0.15) is 0 Å².